The van der Waals surface area contributed by atoms with Crippen LogP contribution in [-0.4, -0.2) is 39.2 Å². The van der Waals surface area contributed by atoms with Gasteiger partial charge in [0, 0.05) is 13.1 Å². The average molecular weight is 286 g/mol. The second kappa shape index (κ2) is 6.53. The Balaban J connectivity index is 0.00000256. The van der Waals surface area contributed by atoms with Crippen LogP contribution in [-0.2, 0) is 14.8 Å². The van der Waals surface area contributed by atoms with Gasteiger partial charge in [-0.1, -0.05) is 12.8 Å². The van der Waals surface area contributed by atoms with E-state index in [-0.39, 0.29) is 31.4 Å². The Kier molecular flexibility index (Phi) is 6.39. The molecular weight excluding hydrogens is 266 g/mol. The van der Waals surface area contributed by atoms with Crippen LogP contribution in [0.2, 0.25) is 0 Å². The maximum atomic E-state index is 11.7. The Hall–Kier alpha value is -0.370. The van der Waals surface area contributed by atoms with E-state index in [1.54, 1.807) is 0 Å². The molecule has 0 aromatic carbocycles. The maximum absolute atomic E-state index is 11.7. The second-order valence-corrected chi connectivity index (χ2v) is 6.12. The fraction of sp³-hybridized carbons (Fsp3) is 0.889. The van der Waals surface area contributed by atoms with Crippen LogP contribution in [0.5, 0.6) is 0 Å². The third kappa shape index (κ3) is 5.67. The molecule has 0 aromatic heterocycles. The number of rotatable bonds is 5. The van der Waals surface area contributed by atoms with Gasteiger partial charge in [-0.05, 0) is 12.8 Å². The fourth-order valence-electron chi connectivity index (χ4n) is 1.82. The van der Waals surface area contributed by atoms with Crippen molar-refractivity contribution in [3.63, 3.8) is 0 Å². The van der Waals surface area contributed by atoms with Crippen LogP contribution in [0.25, 0.3) is 0 Å². The number of carbonyl (C=O) groups excluding carboxylic acids is 1. The zero-order valence-electron chi connectivity index (χ0n) is 9.86. The molecule has 0 saturated heterocycles. The number of hydrogen-bond acceptors (Lipinski definition) is 4. The van der Waals surface area contributed by atoms with Crippen molar-refractivity contribution in [2.24, 2.45) is 5.73 Å². The monoisotopic (exact) mass is 285 g/mol. The molecular formula is C9H20ClN3O3S. The van der Waals surface area contributed by atoms with Gasteiger partial charge in [-0.3, -0.25) is 4.79 Å². The molecule has 1 rings (SSSR count). The van der Waals surface area contributed by atoms with Crippen LogP contribution in [0.1, 0.15) is 25.7 Å². The lowest BCUT2D eigenvalue weighted by atomic mass is 9.98. The SMILES string of the molecule is CS(=O)(=O)NCCNC(=O)C1(N)CCCC1.Cl. The van der Waals surface area contributed by atoms with Crippen molar-refractivity contribution >= 4 is 28.3 Å². The third-order valence-electron chi connectivity index (χ3n) is 2.72. The fourth-order valence-corrected chi connectivity index (χ4v) is 2.29. The normalized spacial score (nSPS) is 18.5. The van der Waals surface area contributed by atoms with Gasteiger partial charge in [0.15, 0.2) is 0 Å². The summed E-state index contributed by atoms with van der Waals surface area (Å²) in [7, 11) is -3.19. The van der Waals surface area contributed by atoms with E-state index >= 15 is 0 Å². The predicted octanol–water partition coefficient (Wildman–Crippen LogP) is -0.655. The minimum absolute atomic E-state index is 0. The quantitative estimate of drug-likeness (QED) is 0.584. The zero-order chi connectivity index (χ0) is 12.2. The van der Waals surface area contributed by atoms with Crippen LogP contribution in [0.3, 0.4) is 0 Å². The van der Waals surface area contributed by atoms with Gasteiger partial charge in [0.2, 0.25) is 15.9 Å². The van der Waals surface area contributed by atoms with Gasteiger partial charge in [0.05, 0.1) is 11.8 Å². The summed E-state index contributed by atoms with van der Waals surface area (Å²) in [6.07, 6.45) is 4.45. The van der Waals surface area contributed by atoms with Crippen molar-refractivity contribution in [1.29, 1.82) is 0 Å². The lowest BCUT2D eigenvalue weighted by Gasteiger charge is -2.22. The van der Waals surface area contributed by atoms with Gasteiger partial charge in [-0.15, -0.1) is 12.4 Å². The minimum atomic E-state index is -3.19. The number of halogens is 1. The molecule has 0 unspecified atom stereocenters. The number of nitrogens with one attached hydrogen (secondary N) is 2. The molecule has 0 aliphatic heterocycles. The van der Waals surface area contributed by atoms with Crippen molar-refractivity contribution in [1.82, 2.24) is 10.0 Å². The molecule has 1 aliphatic rings. The molecule has 1 amide bonds. The van der Waals surface area contributed by atoms with E-state index < -0.39 is 15.6 Å². The first-order valence-corrected chi connectivity index (χ1v) is 7.24. The van der Waals surface area contributed by atoms with E-state index in [0.717, 1.165) is 19.1 Å². The molecule has 1 aliphatic carbocycles. The van der Waals surface area contributed by atoms with E-state index in [9.17, 15) is 13.2 Å². The highest BCUT2D eigenvalue weighted by molar-refractivity contribution is 7.88. The molecule has 0 heterocycles. The molecule has 0 radical (unpaired) electrons. The molecule has 102 valence electrons. The van der Waals surface area contributed by atoms with Crippen molar-refractivity contribution in [3.8, 4) is 0 Å². The van der Waals surface area contributed by atoms with Gasteiger partial charge < -0.3 is 11.1 Å². The van der Waals surface area contributed by atoms with Crippen LogP contribution >= 0.6 is 12.4 Å². The van der Waals surface area contributed by atoms with Crippen LogP contribution in [0.15, 0.2) is 0 Å². The minimum Gasteiger partial charge on any atom is -0.353 e. The molecule has 0 aromatic rings. The molecule has 6 nitrogen and oxygen atoms in total. The largest absolute Gasteiger partial charge is 0.353 e. The first-order valence-electron chi connectivity index (χ1n) is 5.35. The standard InChI is InChI=1S/C9H19N3O3S.ClH/c1-16(14,15)12-7-6-11-8(13)9(10)4-2-3-5-9;/h12H,2-7,10H2,1H3,(H,11,13);1H. The third-order valence-corrected chi connectivity index (χ3v) is 3.45. The van der Waals surface area contributed by atoms with E-state index in [1.165, 1.54) is 0 Å². The molecule has 1 saturated carbocycles. The van der Waals surface area contributed by atoms with Gasteiger partial charge in [0.1, 0.15) is 0 Å². The van der Waals surface area contributed by atoms with Crippen molar-refractivity contribution in [2.45, 2.75) is 31.2 Å². The topological polar surface area (TPSA) is 101 Å². The summed E-state index contributed by atoms with van der Waals surface area (Å²) >= 11 is 0. The zero-order valence-corrected chi connectivity index (χ0v) is 11.5. The lowest BCUT2D eigenvalue weighted by molar-refractivity contribution is -0.126. The highest BCUT2D eigenvalue weighted by Gasteiger charge is 2.36. The molecule has 0 spiro atoms. The van der Waals surface area contributed by atoms with Gasteiger partial charge in [-0.25, -0.2) is 13.1 Å². The predicted molar refractivity (Wildman–Crippen MR) is 68.5 cm³/mol. The summed E-state index contributed by atoms with van der Waals surface area (Å²) in [4.78, 5) is 11.7. The highest BCUT2D eigenvalue weighted by atomic mass is 35.5. The summed E-state index contributed by atoms with van der Waals surface area (Å²) in [5.74, 6) is -0.180. The number of nitrogens with two attached hydrogens (primary N) is 1. The molecule has 1 fully saturated rings. The van der Waals surface area contributed by atoms with E-state index in [1.807, 2.05) is 0 Å². The lowest BCUT2D eigenvalue weighted by Crippen LogP contribution is -2.53. The molecule has 0 atom stereocenters. The highest BCUT2D eigenvalue weighted by Crippen LogP contribution is 2.26. The Morgan fingerprint density at radius 2 is 1.82 bits per heavy atom. The number of sulfonamides is 1. The number of amides is 1. The summed E-state index contributed by atoms with van der Waals surface area (Å²) < 4.78 is 23.8. The Bertz CT molecular complexity index is 352. The van der Waals surface area contributed by atoms with E-state index in [4.69, 9.17) is 5.73 Å². The molecule has 0 bridgehead atoms. The Morgan fingerprint density at radius 3 is 2.29 bits per heavy atom. The van der Waals surface area contributed by atoms with Crippen molar-refractivity contribution in [3.05, 3.63) is 0 Å². The van der Waals surface area contributed by atoms with Gasteiger partial charge in [0.25, 0.3) is 0 Å². The Morgan fingerprint density at radius 1 is 1.29 bits per heavy atom. The van der Waals surface area contributed by atoms with Crippen LogP contribution in [0, 0.1) is 0 Å². The first-order chi connectivity index (χ1) is 7.33. The smallest absolute Gasteiger partial charge is 0.240 e. The summed E-state index contributed by atoms with van der Waals surface area (Å²) in [5.41, 5.74) is 5.17. The summed E-state index contributed by atoms with van der Waals surface area (Å²) in [6, 6.07) is 0. The summed E-state index contributed by atoms with van der Waals surface area (Å²) in [6.45, 7) is 0.464. The number of hydrogen-bond donors (Lipinski definition) is 3. The van der Waals surface area contributed by atoms with Gasteiger partial charge in [-0.2, -0.15) is 0 Å². The van der Waals surface area contributed by atoms with E-state index in [0.29, 0.717) is 12.8 Å². The van der Waals surface area contributed by atoms with Crippen molar-refractivity contribution < 1.29 is 13.2 Å². The van der Waals surface area contributed by atoms with E-state index in [2.05, 4.69) is 10.0 Å². The van der Waals surface area contributed by atoms with Crippen molar-refractivity contribution in [2.75, 3.05) is 19.3 Å². The number of carbonyl (C=O) groups is 1. The van der Waals surface area contributed by atoms with Crippen LogP contribution < -0.4 is 15.8 Å². The molecule has 17 heavy (non-hydrogen) atoms. The molecule has 4 N–H and O–H groups in total. The molecule has 8 heteroatoms. The van der Waals surface area contributed by atoms with Gasteiger partial charge >= 0.3 is 0 Å². The Labute approximate surface area is 108 Å². The second-order valence-electron chi connectivity index (χ2n) is 4.29. The first kappa shape index (κ1) is 16.6. The average Bonchev–Trinajstić information content (AvgIpc) is 2.59. The maximum Gasteiger partial charge on any atom is 0.240 e. The van der Waals surface area contributed by atoms with Crippen LogP contribution in [0.4, 0.5) is 0 Å². The summed E-state index contributed by atoms with van der Waals surface area (Å²) in [5, 5.41) is 2.65.